The molecule has 1 fully saturated rings. The normalized spacial score (nSPS) is 22.6. The van der Waals surface area contributed by atoms with Gasteiger partial charge < -0.3 is 10.0 Å². The summed E-state index contributed by atoms with van der Waals surface area (Å²) in [6, 6.07) is 0. The summed E-state index contributed by atoms with van der Waals surface area (Å²) >= 11 is 0. The largest absolute Gasteiger partial charge is 0.481 e. The molecule has 0 aromatic rings. The zero-order valence-corrected chi connectivity index (χ0v) is 10.8. The molecular formula is C13H25NO2. The maximum atomic E-state index is 10.9. The Hall–Kier alpha value is -0.570. The zero-order chi connectivity index (χ0) is 12.2. The molecule has 1 aliphatic rings. The van der Waals surface area contributed by atoms with E-state index in [1.54, 1.807) is 0 Å². The zero-order valence-electron chi connectivity index (χ0n) is 10.8. The van der Waals surface area contributed by atoms with Crippen LogP contribution in [0.5, 0.6) is 0 Å². The first kappa shape index (κ1) is 13.5. The predicted molar refractivity (Wildman–Crippen MR) is 65.5 cm³/mol. The molecule has 3 nitrogen and oxygen atoms in total. The highest BCUT2D eigenvalue weighted by Crippen LogP contribution is 2.24. The molecule has 0 radical (unpaired) electrons. The minimum absolute atomic E-state index is 0.566. The van der Waals surface area contributed by atoms with Crippen molar-refractivity contribution in [3.63, 3.8) is 0 Å². The number of carboxylic acid groups (broad SMARTS) is 1. The Labute approximate surface area is 98.8 Å². The summed E-state index contributed by atoms with van der Waals surface area (Å²) in [4.78, 5) is 13.4. The van der Waals surface area contributed by atoms with Gasteiger partial charge in [-0.15, -0.1) is 0 Å². The predicted octanol–water partition coefficient (Wildman–Crippen LogP) is 2.61. The molecule has 1 aliphatic heterocycles. The molecule has 94 valence electrons. The van der Waals surface area contributed by atoms with E-state index in [0.29, 0.717) is 0 Å². The quantitative estimate of drug-likeness (QED) is 0.758. The monoisotopic (exact) mass is 227 g/mol. The number of carbonyl (C=O) groups is 1. The van der Waals surface area contributed by atoms with Crippen LogP contribution in [0.15, 0.2) is 0 Å². The van der Waals surface area contributed by atoms with Crippen LogP contribution < -0.4 is 0 Å². The molecular weight excluding hydrogens is 202 g/mol. The lowest BCUT2D eigenvalue weighted by atomic mass is 9.88. The Morgan fingerprint density at radius 3 is 2.69 bits per heavy atom. The summed E-state index contributed by atoms with van der Waals surface area (Å²) in [5, 5.41) is 9.00. The molecule has 1 rings (SSSR count). The second kappa shape index (κ2) is 5.67. The van der Waals surface area contributed by atoms with Crippen LogP contribution in [0.3, 0.4) is 0 Å². The number of aliphatic carboxylic acids is 1. The molecule has 0 saturated carbocycles. The van der Waals surface area contributed by atoms with Gasteiger partial charge in [-0.25, -0.2) is 0 Å². The second-order valence-electron chi connectivity index (χ2n) is 5.66. The van der Waals surface area contributed by atoms with Crippen molar-refractivity contribution < 1.29 is 9.90 Å². The van der Waals surface area contributed by atoms with Gasteiger partial charge in [0, 0.05) is 6.54 Å². The first-order chi connectivity index (χ1) is 7.45. The standard InChI is InChI=1S/C13H25NO2/c1-4-11-6-9-14(10-11)8-5-7-13(2,3)12(15)16/h11H,4-10H2,1-3H3,(H,15,16). The topological polar surface area (TPSA) is 40.5 Å². The Morgan fingerprint density at radius 2 is 2.19 bits per heavy atom. The summed E-state index contributed by atoms with van der Waals surface area (Å²) in [6.07, 6.45) is 4.36. The van der Waals surface area contributed by atoms with Crippen molar-refractivity contribution in [2.75, 3.05) is 19.6 Å². The van der Waals surface area contributed by atoms with Crippen molar-refractivity contribution in [3.8, 4) is 0 Å². The molecule has 1 heterocycles. The summed E-state index contributed by atoms with van der Waals surface area (Å²) in [5.74, 6) is 0.188. The lowest BCUT2D eigenvalue weighted by Crippen LogP contribution is -2.27. The summed E-state index contributed by atoms with van der Waals surface area (Å²) in [5.41, 5.74) is -0.566. The average molecular weight is 227 g/mol. The highest BCUT2D eigenvalue weighted by atomic mass is 16.4. The van der Waals surface area contributed by atoms with Crippen LogP contribution in [0.1, 0.15) is 46.5 Å². The van der Waals surface area contributed by atoms with E-state index in [1.165, 1.54) is 25.9 Å². The molecule has 1 atom stereocenters. The van der Waals surface area contributed by atoms with E-state index in [1.807, 2.05) is 13.8 Å². The first-order valence-electron chi connectivity index (χ1n) is 6.41. The van der Waals surface area contributed by atoms with Gasteiger partial charge >= 0.3 is 5.97 Å². The molecule has 1 N–H and O–H groups in total. The number of likely N-dealkylation sites (tertiary alicyclic amines) is 1. The van der Waals surface area contributed by atoms with E-state index >= 15 is 0 Å². The van der Waals surface area contributed by atoms with E-state index in [0.717, 1.165) is 25.3 Å². The lowest BCUT2D eigenvalue weighted by Gasteiger charge is -2.21. The third-order valence-corrected chi connectivity index (χ3v) is 3.80. The van der Waals surface area contributed by atoms with Crippen LogP contribution in [0.4, 0.5) is 0 Å². The van der Waals surface area contributed by atoms with E-state index in [4.69, 9.17) is 5.11 Å². The lowest BCUT2D eigenvalue weighted by molar-refractivity contribution is -0.147. The Morgan fingerprint density at radius 1 is 1.50 bits per heavy atom. The number of nitrogens with zero attached hydrogens (tertiary/aromatic N) is 1. The number of hydrogen-bond acceptors (Lipinski definition) is 2. The maximum Gasteiger partial charge on any atom is 0.309 e. The van der Waals surface area contributed by atoms with Gasteiger partial charge in [0.2, 0.25) is 0 Å². The highest BCUT2D eigenvalue weighted by molar-refractivity contribution is 5.73. The van der Waals surface area contributed by atoms with Gasteiger partial charge in [0.05, 0.1) is 5.41 Å². The van der Waals surface area contributed by atoms with Crippen molar-refractivity contribution >= 4 is 5.97 Å². The second-order valence-corrected chi connectivity index (χ2v) is 5.66. The molecule has 0 aromatic heterocycles. The van der Waals surface area contributed by atoms with Crippen molar-refractivity contribution in [2.24, 2.45) is 11.3 Å². The average Bonchev–Trinajstić information content (AvgIpc) is 2.65. The molecule has 3 heteroatoms. The summed E-state index contributed by atoms with van der Waals surface area (Å²) in [7, 11) is 0. The third kappa shape index (κ3) is 3.78. The van der Waals surface area contributed by atoms with Crippen LogP contribution in [0, 0.1) is 11.3 Å². The maximum absolute atomic E-state index is 10.9. The Balaban J connectivity index is 2.19. The minimum Gasteiger partial charge on any atom is -0.481 e. The number of rotatable bonds is 6. The fraction of sp³-hybridized carbons (Fsp3) is 0.923. The van der Waals surface area contributed by atoms with Crippen LogP contribution in [-0.2, 0) is 4.79 Å². The fourth-order valence-electron chi connectivity index (χ4n) is 2.30. The van der Waals surface area contributed by atoms with E-state index in [-0.39, 0.29) is 0 Å². The molecule has 16 heavy (non-hydrogen) atoms. The Bertz CT molecular complexity index is 238. The van der Waals surface area contributed by atoms with Crippen LogP contribution in [0.25, 0.3) is 0 Å². The van der Waals surface area contributed by atoms with Gasteiger partial charge in [0.25, 0.3) is 0 Å². The third-order valence-electron chi connectivity index (χ3n) is 3.80. The van der Waals surface area contributed by atoms with E-state index in [9.17, 15) is 4.79 Å². The van der Waals surface area contributed by atoms with Crippen LogP contribution in [-0.4, -0.2) is 35.6 Å². The molecule has 0 bridgehead atoms. The SMILES string of the molecule is CCC1CCN(CCCC(C)(C)C(=O)O)C1. The molecule has 0 aliphatic carbocycles. The fourth-order valence-corrected chi connectivity index (χ4v) is 2.30. The van der Waals surface area contributed by atoms with Crippen molar-refractivity contribution in [3.05, 3.63) is 0 Å². The highest BCUT2D eigenvalue weighted by Gasteiger charge is 2.27. The number of carboxylic acids is 1. The molecule has 0 aromatic carbocycles. The van der Waals surface area contributed by atoms with Crippen molar-refractivity contribution in [1.29, 1.82) is 0 Å². The molecule has 1 unspecified atom stereocenters. The van der Waals surface area contributed by atoms with Gasteiger partial charge in [-0.3, -0.25) is 4.79 Å². The summed E-state index contributed by atoms with van der Waals surface area (Å²) in [6.45, 7) is 9.35. The Kier molecular flexibility index (Phi) is 4.78. The van der Waals surface area contributed by atoms with Crippen LogP contribution >= 0.6 is 0 Å². The van der Waals surface area contributed by atoms with Crippen molar-refractivity contribution in [1.82, 2.24) is 4.90 Å². The van der Waals surface area contributed by atoms with Gasteiger partial charge in [0.15, 0.2) is 0 Å². The van der Waals surface area contributed by atoms with Gasteiger partial charge in [-0.2, -0.15) is 0 Å². The molecule has 0 amide bonds. The van der Waals surface area contributed by atoms with Gasteiger partial charge in [0.1, 0.15) is 0 Å². The minimum atomic E-state index is -0.680. The molecule has 0 spiro atoms. The van der Waals surface area contributed by atoms with Crippen LogP contribution in [0.2, 0.25) is 0 Å². The smallest absolute Gasteiger partial charge is 0.309 e. The molecule has 1 saturated heterocycles. The summed E-state index contributed by atoms with van der Waals surface area (Å²) < 4.78 is 0. The van der Waals surface area contributed by atoms with E-state index in [2.05, 4.69) is 11.8 Å². The van der Waals surface area contributed by atoms with E-state index < -0.39 is 11.4 Å². The van der Waals surface area contributed by atoms with Gasteiger partial charge in [-0.05, 0) is 52.1 Å². The first-order valence-corrected chi connectivity index (χ1v) is 6.41. The van der Waals surface area contributed by atoms with Gasteiger partial charge in [-0.1, -0.05) is 13.3 Å². The van der Waals surface area contributed by atoms with Crippen molar-refractivity contribution in [2.45, 2.75) is 46.5 Å². The number of hydrogen-bond donors (Lipinski definition) is 1.